The van der Waals surface area contributed by atoms with Crippen LogP contribution in [0.25, 0.3) is 0 Å². The summed E-state index contributed by atoms with van der Waals surface area (Å²) in [6, 6.07) is 0. The van der Waals surface area contributed by atoms with Gasteiger partial charge in [0.15, 0.2) is 0 Å². The molecule has 0 aromatic rings. The third-order valence-corrected chi connectivity index (χ3v) is 0. The fraction of sp³-hybridized carbons (Fsp3) is 0. The summed E-state index contributed by atoms with van der Waals surface area (Å²) in [4.78, 5) is 0. The van der Waals surface area contributed by atoms with Crippen LogP contribution in [-0.4, -0.2) is 108 Å². The molecule has 0 fully saturated rings. The van der Waals surface area contributed by atoms with E-state index in [0.717, 1.165) is 0 Å². The van der Waals surface area contributed by atoms with E-state index in [9.17, 15) is 0 Å². The largest absolute Gasteiger partial charge is 0 e. The van der Waals surface area contributed by atoms with Crippen molar-refractivity contribution < 1.29 is 0 Å². The van der Waals surface area contributed by atoms with Crippen LogP contribution >= 0.6 is 0 Å². The van der Waals surface area contributed by atoms with Crippen LogP contribution in [0.2, 0.25) is 0 Å². The summed E-state index contributed by atoms with van der Waals surface area (Å²) in [6.45, 7) is 0. The molecule has 0 heterocycles. The van der Waals surface area contributed by atoms with E-state index in [-0.39, 0.29) is 108 Å². The first kappa shape index (κ1) is 26.6. The molecule has 0 spiro atoms. The van der Waals surface area contributed by atoms with E-state index >= 15 is 0 Å². The van der Waals surface area contributed by atoms with Crippen molar-refractivity contribution in [3.05, 3.63) is 0 Å². The summed E-state index contributed by atoms with van der Waals surface area (Å²) in [5.74, 6) is 0. The molecule has 6 radical (unpaired) electrons. The van der Waals surface area contributed by atoms with E-state index in [1.807, 2.05) is 0 Å². The maximum atomic E-state index is 0. The van der Waals surface area contributed by atoms with Gasteiger partial charge in [0.2, 0.25) is 0 Å². The molecule has 0 saturated heterocycles. The van der Waals surface area contributed by atoms with Crippen molar-refractivity contribution in [1.29, 1.82) is 0 Å². The summed E-state index contributed by atoms with van der Waals surface area (Å²) in [5.41, 5.74) is 0. The Labute approximate surface area is 105 Å². The van der Waals surface area contributed by atoms with Gasteiger partial charge in [-0.05, 0) is 0 Å². The molecule has 0 aliphatic carbocycles. The zero-order chi connectivity index (χ0) is 0. The van der Waals surface area contributed by atoms with Gasteiger partial charge in [0, 0.05) is 108 Å². The summed E-state index contributed by atoms with van der Waals surface area (Å²) in [5, 5.41) is 0. The van der Waals surface area contributed by atoms with Crippen molar-refractivity contribution in [3.8, 4) is 0 Å². The fourth-order valence-electron chi connectivity index (χ4n) is 0. The van der Waals surface area contributed by atoms with Crippen molar-refractivity contribution in [2.75, 3.05) is 0 Å². The van der Waals surface area contributed by atoms with Crippen LogP contribution in [0.4, 0.5) is 0 Å². The van der Waals surface area contributed by atoms with E-state index in [4.69, 9.17) is 0 Å². The van der Waals surface area contributed by atoms with Crippen molar-refractivity contribution in [2.45, 2.75) is 0 Å². The van der Waals surface area contributed by atoms with Crippen LogP contribution in [-0.2, 0) is 0 Å². The molecular weight excluding hydrogens is 79.8 g/mol. The molecule has 0 aliphatic rings. The summed E-state index contributed by atoms with van der Waals surface area (Å²) in [6.07, 6.45) is 0. The van der Waals surface area contributed by atoms with Crippen LogP contribution in [0, 0.1) is 0 Å². The van der Waals surface area contributed by atoms with Crippen molar-refractivity contribution in [3.63, 3.8) is 0 Å². The fourth-order valence-corrected chi connectivity index (χ4v) is 0. The van der Waals surface area contributed by atoms with Crippen molar-refractivity contribution in [1.82, 2.24) is 0 Å². The molecule has 0 aromatic carbocycles. The predicted molar refractivity (Wildman–Crippen MR) is 23.0 cm³/mol. The molecular formula is BKLiNa. The second-order valence-electron chi connectivity index (χ2n) is 0. The zero-order valence-corrected chi connectivity index (χ0v) is 8.70. The summed E-state index contributed by atoms with van der Waals surface area (Å²) in [7, 11) is 0. The van der Waals surface area contributed by atoms with Crippen molar-refractivity contribution in [2.24, 2.45) is 0 Å². The minimum Gasteiger partial charge on any atom is 0 e. The second-order valence-corrected chi connectivity index (χ2v) is 0. The minimum atomic E-state index is 0. The molecule has 0 bridgehead atoms. The van der Waals surface area contributed by atoms with Crippen LogP contribution in [0.3, 0.4) is 0 Å². The molecule has 0 saturated carbocycles. The standard InChI is InChI=1S/B.K.Li.Na. The Morgan fingerprint density at radius 1 is 1.00 bits per heavy atom. The Balaban J connectivity index is 0. The van der Waals surface area contributed by atoms with Crippen molar-refractivity contribution >= 4 is 108 Å². The summed E-state index contributed by atoms with van der Waals surface area (Å²) < 4.78 is 0. The monoisotopic (exact) mass is 80.0 g/mol. The Morgan fingerprint density at radius 3 is 1.00 bits per heavy atom. The van der Waals surface area contributed by atoms with Crippen LogP contribution in [0.15, 0.2) is 0 Å². The molecule has 0 aromatic heterocycles. The van der Waals surface area contributed by atoms with E-state index < -0.39 is 0 Å². The molecule has 0 N–H and O–H groups in total. The topological polar surface area (TPSA) is 0 Å². The van der Waals surface area contributed by atoms with E-state index in [1.165, 1.54) is 0 Å². The Morgan fingerprint density at radius 2 is 1.00 bits per heavy atom. The first-order valence-electron chi connectivity index (χ1n) is 0. The van der Waals surface area contributed by atoms with Gasteiger partial charge < -0.3 is 0 Å². The Bertz CT molecular complexity index is 8.00. The van der Waals surface area contributed by atoms with Gasteiger partial charge >= 0.3 is 0 Å². The third-order valence-electron chi connectivity index (χ3n) is 0. The molecule has 0 atom stereocenters. The normalized spacial score (nSPS) is 0. The number of hydrogen-bond acceptors (Lipinski definition) is 0. The number of hydrogen-bond donors (Lipinski definition) is 0. The molecule has 0 amide bonds. The SMILES string of the molecule is [B].[K].[Li].[Na]. The molecule has 0 nitrogen and oxygen atoms in total. The maximum Gasteiger partial charge on any atom is 0 e. The number of rotatable bonds is 0. The molecule has 0 unspecified atom stereocenters. The van der Waals surface area contributed by atoms with Crippen LogP contribution in [0.1, 0.15) is 0 Å². The average molecular weight is 79.8 g/mol. The second kappa shape index (κ2) is 16.3. The van der Waals surface area contributed by atoms with Gasteiger partial charge in [-0.2, -0.15) is 0 Å². The van der Waals surface area contributed by atoms with Crippen LogP contribution in [0.5, 0.6) is 0 Å². The molecule has 0 rings (SSSR count). The van der Waals surface area contributed by atoms with Crippen LogP contribution < -0.4 is 0 Å². The Kier molecular flexibility index (Phi) is 108. The van der Waals surface area contributed by atoms with E-state index in [2.05, 4.69) is 0 Å². The maximum absolute atomic E-state index is 0. The van der Waals surface area contributed by atoms with Gasteiger partial charge in [0.25, 0.3) is 0 Å². The molecule has 4 heteroatoms. The van der Waals surface area contributed by atoms with Gasteiger partial charge in [-0.15, -0.1) is 0 Å². The van der Waals surface area contributed by atoms with Gasteiger partial charge in [0.05, 0.1) is 0 Å². The van der Waals surface area contributed by atoms with Gasteiger partial charge in [-0.3, -0.25) is 0 Å². The van der Waals surface area contributed by atoms with Gasteiger partial charge in [-0.1, -0.05) is 0 Å². The molecule has 0 aliphatic heterocycles. The van der Waals surface area contributed by atoms with Gasteiger partial charge in [0.1, 0.15) is 0 Å². The quantitative estimate of drug-likeness (QED) is 0.310. The zero-order valence-electron chi connectivity index (χ0n) is 3.58. The predicted octanol–water partition coefficient (Wildman–Crippen LogP) is -1.52. The smallest absolute Gasteiger partial charge is 0 e. The third kappa shape index (κ3) is 9.00. The summed E-state index contributed by atoms with van der Waals surface area (Å²) >= 11 is 0. The van der Waals surface area contributed by atoms with E-state index in [0.29, 0.717) is 0 Å². The average Bonchev–Trinajstić information content (AvgIpc) is 0. The van der Waals surface area contributed by atoms with Gasteiger partial charge in [-0.25, -0.2) is 0 Å². The Hall–Kier alpha value is 3.30. The first-order valence-corrected chi connectivity index (χ1v) is 0. The van der Waals surface area contributed by atoms with E-state index in [1.54, 1.807) is 0 Å². The molecule has 6 valence electrons. The first-order chi connectivity index (χ1) is 0. The minimum absolute atomic E-state index is 0. The molecule has 4 heavy (non-hydrogen) atoms.